The first-order valence-corrected chi connectivity index (χ1v) is 5.55. The minimum absolute atomic E-state index is 0.130. The van der Waals surface area contributed by atoms with Crippen LogP contribution in [0, 0.1) is 10.6 Å². The lowest BCUT2D eigenvalue weighted by Crippen LogP contribution is -2.15. The molecule has 5 heteroatoms. The smallest absolute Gasteiger partial charge is 0.251 e. The van der Waals surface area contributed by atoms with Crippen LogP contribution in [0.4, 0.5) is 4.39 Å². The predicted octanol–water partition coefficient (Wildman–Crippen LogP) is 2.65. The molecule has 0 spiro atoms. The fraction of sp³-hybridized carbons (Fsp3) is 0.167. The molecule has 0 aliphatic heterocycles. The molecule has 0 radical (unpaired) electrons. The van der Waals surface area contributed by atoms with Gasteiger partial charge in [-0.3, -0.25) is 9.78 Å². The number of rotatable bonds is 2. The van der Waals surface area contributed by atoms with Gasteiger partial charge in [-0.1, -0.05) is 12.1 Å². The highest BCUT2D eigenvalue weighted by Crippen LogP contribution is 2.17. The van der Waals surface area contributed by atoms with Gasteiger partial charge in [-0.15, -0.1) is 0 Å². The molecule has 2 rings (SSSR count). The lowest BCUT2D eigenvalue weighted by Gasteiger charge is -2.15. The van der Waals surface area contributed by atoms with Crippen LogP contribution in [0.15, 0.2) is 41.3 Å². The number of halogens is 1. The van der Waals surface area contributed by atoms with Crippen molar-refractivity contribution in [2.45, 2.75) is 13.0 Å². The van der Waals surface area contributed by atoms with E-state index >= 15 is 0 Å². The number of benzene rings is 1. The average Bonchev–Trinajstić information content (AvgIpc) is 2.28. The third-order valence-corrected chi connectivity index (χ3v) is 2.91. The van der Waals surface area contributed by atoms with E-state index in [1.54, 1.807) is 16.8 Å². The van der Waals surface area contributed by atoms with Crippen LogP contribution in [0.2, 0.25) is 0 Å². The van der Waals surface area contributed by atoms with Crippen molar-refractivity contribution in [3.05, 3.63) is 63.0 Å². The van der Waals surface area contributed by atoms with E-state index in [0.29, 0.717) is 4.77 Å². The molecule has 0 aliphatic carbocycles. The third kappa shape index (κ3) is 2.50. The molecule has 1 heterocycles. The van der Waals surface area contributed by atoms with Crippen molar-refractivity contribution in [2.24, 2.45) is 0 Å². The second kappa shape index (κ2) is 4.63. The summed E-state index contributed by atoms with van der Waals surface area (Å²) in [5, 5.41) is 0. The first kappa shape index (κ1) is 11.7. The summed E-state index contributed by atoms with van der Waals surface area (Å²) in [5.74, 6) is -0.287. The van der Waals surface area contributed by atoms with Crippen LogP contribution >= 0.6 is 12.2 Å². The summed E-state index contributed by atoms with van der Waals surface area (Å²) in [6.45, 7) is 1.89. The summed E-state index contributed by atoms with van der Waals surface area (Å²) in [5.41, 5.74) is 0.561. The topological polar surface area (TPSA) is 37.8 Å². The molecule has 88 valence electrons. The highest BCUT2D eigenvalue weighted by Gasteiger charge is 2.08. The molecule has 1 N–H and O–H groups in total. The Kier molecular flexibility index (Phi) is 3.19. The van der Waals surface area contributed by atoms with Crippen molar-refractivity contribution >= 4 is 12.2 Å². The maximum atomic E-state index is 13.1. The Morgan fingerprint density at radius 1 is 1.41 bits per heavy atom. The fourth-order valence-electron chi connectivity index (χ4n) is 1.66. The van der Waals surface area contributed by atoms with Gasteiger partial charge < -0.3 is 4.57 Å². The highest BCUT2D eigenvalue weighted by molar-refractivity contribution is 7.71. The van der Waals surface area contributed by atoms with Crippen LogP contribution in [-0.4, -0.2) is 9.55 Å². The second-order valence-electron chi connectivity index (χ2n) is 3.75. The van der Waals surface area contributed by atoms with E-state index in [4.69, 9.17) is 12.2 Å². The monoisotopic (exact) mass is 250 g/mol. The second-order valence-corrected chi connectivity index (χ2v) is 4.14. The van der Waals surface area contributed by atoms with Crippen LogP contribution in [0.25, 0.3) is 0 Å². The molecule has 0 fully saturated rings. The highest BCUT2D eigenvalue weighted by atomic mass is 32.1. The van der Waals surface area contributed by atoms with Gasteiger partial charge in [0.1, 0.15) is 5.82 Å². The summed E-state index contributed by atoms with van der Waals surface area (Å²) >= 11 is 5.06. The van der Waals surface area contributed by atoms with E-state index < -0.39 is 0 Å². The lowest BCUT2D eigenvalue weighted by atomic mass is 10.1. The fourth-order valence-corrected chi connectivity index (χ4v) is 1.98. The minimum Gasteiger partial charge on any atom is -0.318 e. The Labute approximate surface area is 103 Å². The van der Waals surface area contributed by atoms with E-state index in [1.807, 2.05) is 13.0 Å². The first-order valence-electron chi connectivity index (χ1n) is 5.15. The predicted molar refractivity (Wildman–Crippen MR) is 66.1 cm³/mol. The van der Waals surface area contributed by atoms with Crippen LogP contribution in [0.1, 0.15) is 18.5 Å². The molecule has 3 nitrogen and oxygen atoms in total. The Morgan fingerprint density at radius 3 is 2.82 bits per heavy atom. The summed E-state index contributed by atoms with van der Waals surface area (Å²) in [6, 6.07) is 7.58. The molecule has 1 unspecified atom stereocenters. The Hall–Kier alpha value is -1.75. The van der Waals surface area contributed by atoms with Gasteiger partial charge in [-0.2, -0.15) is 0 Å². The van der Waals surface area contributed by atoms with Gasteiger partial charge in [0, 0.05) is 12.3 Å². The van der Waals surface area contributed by atoms with E-state index in [9.17, 15) is 9.18 Å². The van der Waals surface area contributed by atoms with Crippen molar-refractivity contribution in [3.8, 4) is 0 Å². The zero-order valence-corrected chi connectivity index (χ0v) is 10.00. The maximum absolute atomic E-state index is 13.1. The van der Waals surface area contributed by atoms with Crippen molar-refractivity contribution in [1.82, 2.24) is 9.55 Å². The standard InChI is InChI=1S/C12H11FN2OS/c1-8(9-3-2-4-10(13)7-9)15-6-5-11(16)14-12(15)17/h2-8H,1H3,(H,14,16,17). The largest absolute Gasteiger partial charge is 0.318 e. The first-order chi connectivity index (χ1) is 8.08. The number of H-pyrrole nitrogens is 1. The molecule has 0 saturated heterocycles. The van der Waals surface area contributed by atoms with E-state index in [2.05, 4.69) is 4.98 Å². The Balaban J connectivity index is 2.47. The molecular formula is C12H11FN2OS. The number of hydrogen-bond donors (Lipinski definition) is 1. The van der Waals surface area contributed by atoms with E-state index in [0.717, 1.165) is 5.56 Å². The number of aromatic amines is 1. The third-order valence-electron chi connectivity index (χ3n) is 2.60. The van der Waals surface area contributed by atoms with Gasteiger partial charge in [0.2, 0.25) is 0 Å². The minimum atomic E-state index is -0.287. The van der Waals surface area contributed by atoms with Crippen LogP contribution in [0.5, 0.6) is 0 Å². The number of aromatic nitrogens is 2. The van der Waals surface area contributed by atoms with Crippen LogP contribution in [-0.2, 0) is 0 Å². The van der Waals surface area contributed by atoms with E-state index in [1.165, 1.54) is 18.2 Å². The summed E-state index contributed by atoms with van der Waals surface area (Å²) < 4.78 is 15.2. The molecule has 0 amide bonds. The van der Waals surface area contributed by atoms with Crippen molar-refractivity contribution in [3.63, 3.8) is 0 Å². The van der Waals surface area contributed by atoms with Gasteiger partial charge in [0.15, 0.2) is 4.77 Å². The molecular weight excluding hydrogens is 239 g/mol. The quantitative estimate of drug-likeness (QED) is 0.832. The van der Waals surface area contributed by atoms with E-state index in [-0.39, 0.29) is 17.4 Å². The summed E-state index contributed by atoms with van der Waals surface area (Å²) in [7, 11) is 0. The summed E-state index contributed by atoms with van der Waals surface area (Å²) in [6.07, 6.45) is 1.61. The Bertz CT molecular complexity index is 647. The van der Waals surface area contributed by atoms with Crippen LogP contribution < -0.4 is 5.56 Å². The maximum Gasteiger partial charge on any atom is 0.251 e. The van der Waals surface area contributed by atoms with Crippen molar-refractivity contribution in [1.29, 1.82) is 0 Å². The Morgan fingerprint density at radius 2 is 2.18 bits per heavy atom. The van der Waals surface area contributed by atoms with Crippen LogP contribution in [0.3, 0.4) is 0 Å². The average molecular weight is 250 g/mol. The van der Waals surface area contributed by atoms with Gasteiger partial charge in [-0.25, -0.2) is 4.39 Å². The normalized spacial score (nSPS) is 12.4. The lowest BCUT2D eigenvalue weighted by molar-refractivity contribution is 0.590. The van der Waals surface area contributed by atoms with Gasteiger partial charge in [-0.05, 0) is 36.8 Å². The molecule has 0 bridgehead atoms. The number of hydrogen-bond acceptors (Lipinski definition) is 2. The van der Waals surface area contributed by atoms with Crippen molar-refractivity contribution < 1.29 is 4.39 Å². The molecule has 2 aromatic rings. The number of nitrogens with zero attached hydrogens (tertiary/aromatic N) is 1. The SMILES string of the molecule is CC(c1cccc(F)c1)n1ccc(=O)[nH]c1=S. The van der Waals surface area contributed by atoms with Gasteiger partial charge in [0.25, 0.3) is 5.56 Å². The molecule has 1 atom stereocenters. The molecule has 0 aliphatic rings. The summed E-state index contributed by atoms with van der Waals surface area (Å²) in [4.78, 5) is 13.6. The molecule has 1 aromatic carbocycles. The molecule has 0 saturated carbocycles. The molecule has 17 heavy (non-hydrogen) atoms. The van der Waals surface area contributed by atoms with Gasteiger partial charge in [0.05, 0.1) is 6.04 Å². The number of nitrogens with one attached hydrogen (secondary N) is 1. The zero-order chi connectivity index (χ0) is 12.4. The van der Waals surface area contributed by atoms with Gasteiger partial charge >= 0.3 is 0 Å². The molecule has 1 aromatic heterocycles. The van der Waals surface area contributed by atoms with Crippen molar-refractivity contribution in [2.75, 3.05) is 0 Å². The zero-order valence-electron chi connectivity index (χ0n) is 9.18.